The molecule has 1 aromatic rings. The van der Waals surface area contributed by atoms with Gasteiger partial charge in [-0.3, -0.25) is 0 Å². The molecule has 1 aliphatic carbocycles. The summed E-state index contributed by atoms with van der Waals surface area (Å²) in [5.41, 5.74) is 7.41. The highest BCUT2D eigenvalue weighted by Crippen LogP contribution is 2.41. The van der Waals surface area contributed by atoms with Crippen LogP contribution in [0.15, 0.2) is 0 Å². The summed E-state index contributed by atoms with van der Waals surface area (Å²) in [6.45, 7) is 0. The van der Waals surface area contributed by atoms with Crippen LogP contribution in [-0.4, -0.2) is 16.5 Å². The number of anilines is 1. The number of rotatable bonds is 2. The molecule has 2 nitrogen and oxygen atoms in total. The van der Waals surface area contributed by atoms with Crippen molar-refractivity contribution in [2.24, 2.45) is 0 Å². The molecule has 94 valence electrons. The second-order valence-electron chi connectivity index (χ2n) is 5.20. The molecule has 0 amide bonds. The van der Waals surface area contributed by atoms with E-state index in [1.807, 2.05) is 0 Å². The van der Waals surface area contributed by atoms with Crippen molar-refractivity contribution in [2.45, 2.75) is 50.4 Å². The molecule has 17 heavy (non-hydrogen) atoms. The van der Waals surface area contributed by atoms with E-state index >= 15 is 0 Å². The maximum absolute atomic E-state index is 6.19. The molecule has 1 saturated carbocycles. The molecule has 1 aromatic heterocycles. The van der Waals surface area contributed by atoms with E-state index in [2.05, 4.69) is 11.8 Å². The second-order valence-corrected chi connectivity index (χ2v) is 7.41. The van der Waals surface area contributed by atoms with Gasteiger partial charge in [0.05, 0.1) is 10.7 Å². The van der Waals surface area contributed by atoms with Crippen molar-refractivity contribution in [3.8, 4) is 0 Å². The van der Waals surface area contributed by atoms with Gasteiger partial charge in [-0.2, -0.15) is 11.8 Å². The van der Waals surface area contributed by atoms with E-state index in [-0.39, 0.29) is 0 Å². The van der Waals surface area contributed by atoms with Crippen LogP contribution in [0.4, 0.5) is 5.00 Å². The molecule has 2 aliphatic rings. The molecule has 1 unspecified atom stereocenters. The molecule has 4 heteroatoms. The minimum atomic E-state index is 0.625. The maximum Gasteiger partial charge on any atom is 0.110 e. The van der Waals surface area contributed by atoms with Gasteiger partial charge in [0.15, 0.2) is 0 Å². The lowest BCUT2D eigenvalue weighted by Gasteiger charge is -2.19. The summed E-state index contributed by atoms with van der Waals surface area (Å²) in [7, 11) is 0. The van der Waals surface area contributed by atoms with Gasteiger partial charge in [0.1, 0.15) is 5.00 Å². The average Bonchev–Trinajstić information content (AvgIpc) is 2.99. The quantitative estimate of drug-likeness (QED) is 0.881. The van der Waals surface area contributed by atoms with Crippen molar-refractivity contribution in [1.29, 1.82) is 0 Å². The molecular weight excluding hydrogens is 248 g/mol. The lowest BCUT2D eigenvalue weighted by molar-refractivity contribution is 0.638. The van der Waals surface area contributed by atoms with E-state index in [1.54, 1.807) is 11.3 Å². The number of nitrogen functional groups attached to an aromatic ring is 1. The Morgan fingerprint density at radius 1 is 1.06 bits per heavy atom. The smallest absolute Gasteiger partial charge is 0.110 e. The van der Waals surface area contributed by atoms with E-state index in [4.69, 9.17) is 10.7 Å². The number of aromatic nitrogens is 1. The Balaban J connectivity index is 1.79. The van der Waals surface area contributed by atoms with Crippen molar-refractivity contribution in [2.75, 3.05) is 17.2 Å². The van der Waals surface area contributed by atoms with Gasteiger partial charge in [0.2, 0.25) is 0 Å². The summed E-state index contributed by atoms with van der Waals surface area (Å²) in [6, 6.07) is 0. The molecule has 2 fully saturated rings. The van der Waals surface area contributed by atoms with Crippen LogP contribution < -0.4 is 5.73 Å². The van der Waals surface area contributed by atoms with Crippen molar-refractivity contribution < 1.29 is 0 Å². The average molecular weight is 268 g/mol. The normalized spacial score (nSPS) is 26.5. The first kappa shape index (κ1) is 11.8. The summed E-state index contributed by atoms with van der Waals surface area (Å²) >= 11 is 3.82. The molecule has 2 heterocycles. The largest absolute Gasteiger partial charge is 0.389 e. The van der Waals surface area contributed by atoms with Crippen LogP contribution in [0.2, 0.25) is 0 Å². The highest BCUT2D eigenvalue weighted by Gasteiger charge is 2.26. The van der Waals surface area contributed by atoms with Crippen LogP contribution in [0, 0.1) is 0 Å². The fraction of sp³-hybridized carbons (Fsp3) is 0.769. The number of nitrogens with two attached hydrogens (primary N) is 1. The molecule has 0 spiro atoms. The van der Waals surface area contributed by atoms with Gasteiger partial charge in [-0.25, -0.2) is 4.98 Å². The zero-order valence-corrected chi connectivity index (χ0v) is 11.8. The first-order chi connectivity index (χ1) is 8.34. The predicted octanol–water partition coefficient (Wildman–Crippen LogP) is 3.99. The summed E-state index contributed by atoms with van der Waals surface area (Å²) in [4.78, 5) is 4.90. The summed E-state index contributed by atoms with van der Waals surface area (Å²) in [5.74, 6) is 3.88. The Bertz CT molecular complexity index is 377. The monoisotopic (exact) mass is 268 g/mol. The minimum absolute atomic E-state index is 0.625. The summed E-state index contributed by atoms with van der Waals surface area (Å²) in [6.07, 6.45) is 8.01. The lowest BCUT2D eigenvalue weighted by Crippen LogP contribution is -2.10. The van der Waals surface area contributed by atoms with Crippen LogP contribution >= 0.6 is 23.1 Å². The van der Waals surface area contributed by atoms with E-state index in [0.717, 1.165) is 5.00 Å². The number of thioether (sulfide) groups is 1. The van der Waals surface area contributed by atoms with E-state index in [1.165, 1.54) is 60.7 Å². The molecule has 1 atom stereocenters. The van der Waals surface area contributed by atoms with Crippen molar-refractivity contribution in [3.05, 3.63) is 10.7 Å². The third-order valence-electron chi connectivity index (χ3n) is 3.95. The third-order valence-corrected chi connectivity index (χ3v) is 6.23. The lowest BCUT2D eigenvalue weighted by atomic mass is 10.0. The number of nitrogens with zero attached hydrogens (tertiary/aromatic N) is 1. The predicted molar refractivity (Wildman–Crippen MR) is 77.0 cm³/mol. The first-order valence-corrected chi connectivity index (χ1v) is 8.65. The van der Waals surface area contributed by atoms with Crippen LogP contribution in [0.3, 0.4) is 0 Å². The molecular formula is C13H20N2S2. The Morgan fingerprint density at radius 3 is 2.53 bits per heavy atom. The zero-order chi connectivity index (χ0) is 11.7. The minimum Gasteiger partial charge on any atom is -0.389 e. The van der Waals surface area contributed by atoms with Gasteiger partial charge in [0, 0.05) is 17.6 Å². The van der Waals surface area contributed by atoms with Crippen LogP contribution in [0.1, 0.15) is 61.1 Å². The zero-order valence-electron chi connectivity index (χ0n) is 10.2. The van der Waals surface area contributed by atoms with Crippen LogP contribution in [0.25, 0.3) is 0 Å². The van der Waals surface area contributed by atoms with E-state index < -0.39 is 0 Å². The van der Waals surface area contributed by atoms with E-state index in [9.17, 15) is 0 Å². The van der Waals surface area contributed by atoms with Gasteiger partial charge in [-0.05, 0) is 31.4 Å². The van der Waals surface area contributed by atoms with Crippen LogP contribution in [-0.2, 0) is 0 Å². The Morgan fingerprint density at radius 2 is 1.82 bits per heavy atom. The topological polar surface area (TPSA) is 38.9 Å². The van der Waals surface area contributed by atoms with Crippen molar-refractivity contribution in [1.82, 2.24) is 4.98 Å². The van der Waals surface area contributed by atoms with Gasteiger partial charge in [-0.1, -0.05) is 12.8 Å². The van der Waals surface area contributed by atoms with Crippen molar-refractivity contribution in [3.63, 3.8) is 0 Å². The summed E-state index contributed by atoms with van der Waals surface area (Å²) in [5, 5.41) is 2.32. The Labute approximate surface area is 111 Å². The number of hydrogen-bond donors (Lipinski definition) is 1. The summed E-state index contributed by atoms with van der Waals surface area (Å²) < 4.78 is 0. The standard InChI is InChI=1S/C13H20N2S2/c14-12-11(10-6-3-7-16-8-10)15-13(17-12)9-4-1-2-5-9/h9-10H,1-8,14H2. The van der Waals surface area contributed by atoms with Gasteiger partial charge in [0.25, 0.3) is 0 Å². The molecule has 3 rings (SSSR count). The Kier molecular flexibility index (Phi) is 3.61. The number of thiazole rings is 1. The fourth-order valence-electron chi connectivity index (χ4n) is 2.96. The highest BCUT2D eigenvalue weighted by atomic mass is 32.2. The fourth-order valence-corrected chi connectivity index (χ4v) is 5.19. The Hall–Kier alpha value is -0.220. The van der Waals surface area contributed by atoms with Gasteiger partial charge in [-0.15, -0.1) is 11.3 Å². The number of hydrogen-bond acceptors (Lipinski definition) is 4. The molecule has 0 bridgehead atoms. The SMILES string of the molecule is Nc1sc(C2CCCC2)nc1C1CCCSC1. The molecule has 0 aromatic carbocycles. The molecule has 2 N–H and O–H groups in total. The van der Waals surface area contributed by atoms with Gasteiger partial charge >= 0.3 is 0 Å². The first-order valence-electron chi connectivity index (χ1n) is 6.68. The second kappa shape index (κ2) is 5.19. The van der Waals surface area contributed by atoms with Gasteiger partial charge < -0.3 is 5.73 Å². The molecule has 0 radical (unpaired) electrons. The highest BCUT2D eigenvalue weighted by molar-refractivity contribution is 7.99. The van der Waals surface area contributed by atoms with E-state index in [0.29, 0.717) is 11.8 Å². The molecule has 1 saturated heterocycles. The molecule has 1 aliphatic heterocycles. The third kappa shape index (κ3) is 2.48. The maximum atomic E-state index is 6.19. The van der Waals surface area contributed by atoms with Crippen molar-refractivity contribution >= 4 is 28.1 Å². The van der Waals surface area contributed by atoms with Crippen LogP contribution in [0.5, 0.6) is 0 Å².